The van der Waals surface area contributed by atoms with Crippen LogP contribution in [-0.4, -0.2) is 24.7 Å². The molecule has 0 aliphatic heterocycles. The van der Waals surface area contributed by atoms with Crippen molar-refractivity contribution in [2.75, 3.05) is 13.7 Å². The number of amides is 1. The van der Waals surface area contributed by atoms with Crippen LogP contribution in [0.5, 0.6) is 11.5 Å². The second kappa shape index (κ2) is 6.79. The number of hydrogen-bond acceptors (Lipinski definition) is 3. The normalized spacial score (nSPS) is 11.7. The number of carbonyl (C=O) groups is 1. The fraction of sp³-hybridized carbons (Fsp3) is 0.235. The Kier molecular flexibility index (Phi) is 4.82. The highest BCUT2D eigenvalue weighted by Crippen LogP contribution is 2.23. The van der Waals surface area contributed by atoms with E-state index in [4.69, 9.17) is 4.74 Å². The SMILES string of the molecule is COc1ccc(C(=O)NCC(C)c2ccccc2)c(O)c1. The number of aromatic hydroxyl groups is 1. The first-order valence-corrected chi connectivity index (χ1v) is 6.82. The number of benzene rings is 2. The molecule has 0 fully saturated rings. The van der Waals surface area contributed by atoms with Crippen LogP contribution in [-0.2, 0) is 0 Å². The molecule has 0 aromatic heterocycles. The Labute approximate surface area is 124 Å². The van der Waals surface area contributed by atoms with Gasteiger partial charge in [0.25, 0.3) is 5.91 Å². The average molecular weight is 285 g/mol. The molecule has 0 aliphatic rings. The molecule has 1 unspecified atom stereocenters. The summed E-state index contributed by atoms with van der Waals surface area (Å²) in [6.45, 7) is 2.55. The highest BCUT2D eigenvalue weighted by molar-refractivity contribution is 5.97. The fourth-order valence-corrected chi connectivity index (χ4v) is 2.07. The van der Waals surface area contributed by atoms with E-state index in [0.29, 0.717) is 12.3 Å². The predicted molar refractivity (Wildman–Crippen MR) is 81.8 cm³/mol. The van der Waals surface area contributed by atoms with Crippen LogP contribution in [0.3, 0.4) is 0 Å². The number of ether oxygens (including phenoxy) is 1. The molecule has 0 saturated carbocycles. The number of phenolic OH excluding ortho intramolecular Hbond substituents is 1. The van der Waals surface area contributed by atoms with Gasteiger partial charge in [0.15, 0.2) is 0 Å². The summed E-state index contributed by atoms with van der Waals surface area (Å²) in [7, 11) is 1.51. The molecule has 2 aromatic rings. The van der Waals surface area contributed by atoms with E-state index >= 15 is 0 Å². The first-order valence-electron chi connectivity index (χ1n) is 6.82. The van der Waals surface area contributed by atoms with E-state index in [1.807, 2.05) is 37.3 Å². The third kappa shape index (κ3) is 3.75. The third-order valence-electron chi connectivity index (χ3n) is 3.39. The smallest absolute Gasteiger partial charge is 0.255 e. The second-order valence-corrected chi connectivity index (χ2v) is 4.90. The molecule has 110 valence electrons. The Morgan fingerprint density at radius 3 is 2.57 bits per heavy atom. The van der Waals surface area contributed by atoms with E-state index in [-0.39, 0.29) is 23.1 Å². The molecule has 2 aromatic carbocycles. The van der Waals surface area contributed by atoms with E-state index in [2.05, 4.69) is 5.32 Å². The molecule has 1 amide bonds. The molecule has 0 saturated heterocycles. The highest BCUT2D eigenvalue weighted by atomic mass is 16.5. The lowest BCUT2D eigenvalue weighted by Gasteiger charge is -2.13. The first-order chi connectivity index (χ1) is 10.1. The molecule has 1 atom stereocenters. The molecule has 0 bridgehead atoms. The second-order valence-electron chi connectivity index (χ2n) is 4.90. The first kappa shape index (κ1) is 14.9. The van der Waals surface area contributed by atoms with E-state index in [1.54, 1.807) is 12.1 Å². The summed E-state index contributed by atoms with van der Waals surface area (Å²) in [4.78, 5) is 12.1. The maximum Gasteiger partial charge on any atom is 0.255 e. The van der Waals surface area contributed by atoms with Crippen LogP contribution in [0.1, 0.15) is 28.8 Å². The van der Waals surface area contributed by atoms with E-state index in [9.17, 15) is 9.90 Å². The lowest BCUT2D eigenvalue weighted by atomic mass is 10.0. The van der Waals surface area contributed by atoms with Crippen molar-refractivity contribution in [3.63, 3.8) is 0 Å². The zero-order valence-corrected chi connectivity index (χ0v) is 12.2. The maximum atomic E-state index is 12.1. The molecular weight excluding hydrogens is 266 g/mol. The van der Waals surface area contributed by atoms with Crippen molar-refractivity contribution in [1.29, 1.82) is 0 Å². The van der Waals surface area contributed by atoms with Crippen LogP contribution < -0.4 is 10.1 Å². The Hall–Kier alpha value is -2.49. The lowest BCUT2D eigenvalue weighted by Crippen LogP contribution is -2.27. The average Bonchev–Trinajstić information content (AvgIpc) is 2.52. The van der Waals surface area contributed by atoms with Crippen molar-refractivity contribution in [2.45, 2.75) is 12.8 Å². The molecule has 4 nitrogen and oxygen atoms in total. The Morgan fingerprint density at radius 2 is 1.95 bits per heavy atom. The molecular formula is C17H19NO3. The van der Waals surface area contributed by atoms with Crippen molar-refractivity contribution >= 4 is 5.91 Å². The Bertz CT molecular complexity index is 611. The van der Waals surface area contributed by atoms with Gasteiger partial charge in [-0.2, -0.15) is 0 Å². The van der Waals surface area contributed by atoms with Crippen molar-refractivity contribution in [3.05, 3.63) is 59.7 Å². The minimum absolute atomic E-state index is 0.0841. The number of carbonyl (C=O) groups excluding carboxylic acids is 1. The minimum atomic E-state index is -0.294. The van der Waals surface area contributed by atoms with Gasteiger partial charge in [-0.05, 0) is 23.6 Å². The van der Waals surface area contributed by atoms with Gasteiger partial charge in [0.1, 0.15) is 11.5 Å². The van der Waals surface area contributed by atoms with Crippen LogP contribution in [0.15, 0.2) is 48.5 Å². The molecule has 0 heterocycles. The van der Waals surface area contributed by atoms with Crippen LogP contribution in [0, 0.1) is 0 Å². The summed E-state index contributed by atoms with van der Waals surface area (Å²) in [5, 5.41) is 12.7. The zero-order valence-electron chi connectivity index (χ0n) is 12.2. The molecule has 2 rings (SSSR count). The molecule has 2 N–H and O–H groups in total. The van der Waals surface area contributed by atoms with Crippen LogP contribution >= 0.6 is 0 Å². The van der Waals surface area contributed by atoms with Gasteiger partial charge in [0, 0.05) is 12.6 Å². The summed E-state index contributed by atoms with van der Waals surface area (Å²) in [6.07, 6.45) is 0. The number of hydrogen-bond donors (Lipinski definition) is 2. The van der Waals surface area contributed by atoms with E-state index < -0.39 is 0 Å². The molecule has 0 spiro atoms. The summed E-state index contributed by atoms with van der Waals surface area (Å²) in [6, 6.07) is 14.6. The number of phenols is 1. The number of rotatable bonds is 5. The van der Waals surface area contributed by atoms with Crippen LogP contribution in [0.4, 0.5) is 0 Å². The molecule has 4 heteroatoms. The molecule has 0 radical (unpaired) electrons. The van der Waals surface area contributed by atoms with Gasteiger partial charge in [0.05, 0.1) is 12.7 Å². The van der Waals surface area contributed by atoms with Gasteiger partial charge in [-0.15, -0.1) is 0 Å². The zero-order chi connectivity index (χ0) is 15.2. The van der Waals surface area contributed by atoms with Gasteiger partial charge < -0.3 is 15.2 Å². The third-order valence-corrected chi connectivity index (χ3v) is 3.39. The summed E-state index contributed by atoms with van der Waals surface area (Å²) >= 11 is 0. The quantitative estimate of drug-likeness (QED) is 0.888. The van der Waals surface area contributed by atoms with E-state index in [1.165, 1.54) is 13.2 Å². The van der Waals surface area contributed by atoms with Gasteiger partial charge in [-0.25, -0.2) is 0 Å². The highest BCUT2D eigenvalue weighted by Gasteiger charge is 2.13. The molecule has 0 aliphatic carbocycles. The van der Waals surface area contributed by atoms with Crippen molar-refractivity contribution in [3.8, 4) is 11.5 Å². The van der Waals surface area contributed by atoms with Gasteiger partial charge in [0.2, 0.25) is 0 Å². The summed E-state index contributed by atoms with van der Waals surface area (Å²) in [5.74, 6) is 0.342. The standard InChI is InChI=1S/C17H19NO3/c1-12(13-6-4-3-5-7-13)11-18-17(20)15-9-8-14(21-2)10-16(15)19/h3-10,12,19H,11H2,1-2H3,(H,18,20). The lowest BCUT2D eigenvalue weighted by molar-refractivity contribution is 0.0949. The Balaban J connectivity index is 1.99. The van der Waals surface area contributed by atoms with Gasteiger partial charge in [-0.1, -0.05) is 37.3 Å². The fourth-order valence-electron chi connectivity index (χ4n) is 2.07. The van der Waals surface area contributed by atoms with E-state index in [0.717, 1.165) is 5.56 Å². The van der Waals surface area contributed by atoms with Gasteiger partial charge in [-0.3, -0.25) is 4.79 Å². The maximum absolute atomic E-state index is 12.1. The minimum Gasteiger partial charge on any atom is -0.507 e. The largest absolute Gasteiger partial charge is 0.507 e. The van der Waals surface area contributed by atoms with Crippen molar-refractivity contribution in [1.82, 2.24) is 5.32 Å². The summed E-state index contributed by atoms with van der Waals surface area (Å²) < 4.78 is 4.99. The van der Waals surface area contributed by atoms with Crippen LogP contribution in [0.2, 0.25) is 0 Å². The van der Waals surface area contributed by atoms with Crippen molar-refractivity contribution in [2.24, 2.45) is 0 Å². The molecule has 21 heavy (non-hydrogen) atoms. The number of methoxy groups -OCH3 is 1. The van der Waals surface area contributed by atoms with Crippen LogP contribution in [0.25, 0.3) is 0 Å². The Morgan fingerprint density at radius 1 is 1.24 bits per heavy atom. The van der Waals surface area contributed by atoms with Gasteiger partial charge >= 0.3 is 0 Å². The predicted octanol–water partition coefficient (Wildman–Crippen LogP) is 2.93. The number of nitrogens with one attached hydrogen (secondary N) is 1. The summed E-state index contributed by atoms with van der Waals surface area (Å²) in [5.41, 5.74) is 1.41. The topological polar surface area (TPSA) is 58.6 Å². The van der Waals surface area contributed by atoms with Crippen molar-refractivity contribution < 1.29 is 14.6 Å². The monoisotopic (exact) mass is 285 g/mol.